The van der Waals surface area contributed by atoms with Gasteiger partial charge in [0.25, 0.3) is 5.91 Å². The number of aromatic nitrogens is 1. The molecule has 1 aromatic rings. The highest BCUT2D eigenvalue weighted by Gasteiger charge is 2.11. The van der Waals surface area contributed by atoms with E-state index in [9.17, 15) is 4.79 Å². The van der Waals surface area contributed by atoms with Crippen LogP contribution in [0.2, 0.25) is 0 Å². The lowest BCUT2D eigenvalue weighted by molar-refractivity contribution is 0.0832. The molecule has 13 heavy (non-hydrogen) atoms. The molecule has 0 unspecified atom stereocenters. The number of thiazole rings is 1. The molecule has 0 fully saturated rings. The number of hydrogen-bond acceptors (Lipinski definition) is 4. The summed E-state index contributed by atoms with van der Waals surface area (Å²) in [6.45, 7) is 0.714. The van der Waals surface area contributed by atoms with Crippen LogP contribution in [0.1, 0.15) is 14.7 Å². The third-order valence-corrected chi connectivity index (χ3v) is 2.48. The quantitative estimate of drug-likeness (QED) is 0.774. The van der Waals surface area contributed by atoms with Gasteiger partial charge in [-0.15, -0.1) is 11.3 Å². The van der Waals surface area contributed by atoms with Crippen molar-refractivity contribution in [2.75, 3.05) is 21.1 Å². The molecule has 1 rings (SSSR count). The van der Waals surface area contributed by atoms with Gasteiger partial charge in [-0.3, -0.25) is 4.79 Å². The first-order valence-electron chi connectivity index (χ1n) is 3.96. The second-order valence-corrected chi connectivity index (χ2v) is 3.96. The van der Waals surface area contributed by atoms with Crippen LogP contribution >= 0.6 is 11.3 Å². The minimum Gasteiger partial charge on any atom is -0.344 e. The number of nitrogens with zero attached hydrogens (tertiary/aromatic N) is 2. The van der Waals surface area contributed by atoms with E-state index in [1.807, 2.05) is 7.05 Å². The molecule has 0 aliphatic heterocycles. The lowest BCUT2D eigenvalue weighted by Crippen LogP contribution is -2.20. The van der Waals surface area contributed by atoms with E-state index < -0.39 is 0 Å². The molecule has 0 aliphatic carbocycles. The third-order valence-electron chi connectivity index (χ3n) is 1.50. The largest absolute Gasteiger partial charge is 0.344 e. The molecule has 72 valence electrons. The lowest BCUT2D eigenvalue weighted by atomic mass is 10.5. The summed E-state index contributed by atoms with van der Waals surface area (Å²) >= 11 is 1.43. The molecule has 0 spiro atoms. The molecule has 1 N–H and O–H groups in total. The van der Waals surface area contributed by atoms with E-state index >= 15 is 0 Å². The molecule has 0 atom stereocenters. The minimum atomic E-state index is 0.0138. The molecule has 0 saturated carbocycles. The molecule has 4 nitrogen and oxygen atoms in total. The summed E-state index contributed by atoms with van der Waals surface area (Å²) in [4.78, 5) is 17.8. The Labute approximate surface area is 81.6 Å². The fraction of sp³-hybridized carbons (Fsp3) is 0.500. The van der Waals surface area contributed by atoms with E-state index in [2.05, 4.69) is 10.3 Å². The van der Waals surface area contributed by atoms with Crippen LogP contribution in [0, 0.1) is 0 Å². The zero-order valence-electron chi connectivity index (χ0n) is 8.00. The summed E-state index contributed by atoms with van der Waals surface area (Å²) in [5, 5.41) is 3.93. The van der Waals surface area contributed by atoms with Gasteiger partial charge in [0.1, 0.15) is 9.88 Å². The molecule has 0 aromatic carbocycles. The molecule has 1 aromatic heterocycles. The van der Waals surface area contributed by atoms with Crippen molar-refractivity contribution in [2.24, 2.45) is 0 Å². The van der Waals surface area contributed by atoms with Gasteiger partial charge < -0.3 is 10.2 Å². The fourth-order valence-corrected chi connectivity index (χ4v) is 1.81. The summed E-state index contributed by atoms with van der Waals surface area (Å²) < 4.78 is 0. The van der Waals surface area contributed by atoms with Crippen LogP contribution in [0.3, 0.4) is 0 Å². The first kappa shape index (κ1) is 10.1. The fourth-order valence-electron chi connectivity index (χ4n) is 0.862. The first-order chi connectivity index (χ1) is 6.15. The summed E-state index contributed by atoms with van der Waals surface area (Å²) in [5.41, 5.74) is 0. The molecule has 5 heteroatoms. The predicted molar refractivity (Wildman–Crippen MR) is 52.9 cm³/mol. The van der Waals surface area contributed by atoms with Gasteiger partial charge >= 0.3 is 0 Å². The minimum absolute atomic E-state index is 0.0138. The molecule has 0 saturated heterocycles. The van der Waals surface area contributed by atoms with Gasteiger partial charge in [0.05, 0.1) is 6.20 Å². The number of amides is 1. The van der Waals surface area contributed by atoms with E-state index in [0.717, 1.165) is 5.01 Å². The van der Waals surface area contributed by atoms with Crippen molar-refractivity contribution in [2.45, 2.75) is 6.54 Å². The second kappa shape index (κ2) is 4.34. The Morgan fingerprint density at radius 3 is 2.92 bits per heavy atom. The van der Waals surface area contributed by atoms with E-state index in [4.69, 9.17) is 0 Å². The van der Waals surface area contributed by atoms with Crippen LogP contribution in [0.4, 0.5) is 0 Å². The van der Waals surface area contributed by atoms with Gasteiger partial charge in [-0.25, -0.2) is 4.98 Å². The van der Waals surface area contributed by atoms with Crippen molar-refractivity contribution in [3.05, 3.63) is 16.1 Å². The van der Waals surface area contributed by atoms with Crippen LogP contribution in [-0.2, 0) is 6.54 Å². The molecule has 0 radical (unpaired) electrons. The Morgan fingerprint density at radius 1 is 1.69 bits per heavy atom. The standard InChI is InChI=1S/C8H13N3OS/c1-9-5-7-10-4-6(13-7)8(12)11(2)3/h4,9H,5H2,1-3H3. The summed E-state index contributed by atoms with van der Waals surface area (Å²) in [7, 11) is 5.33. The summed E-state index contributed by atoms with van der Waals surface area (Å²) in [5.74, 6) is 0.0138. The van der Waals surface area contributed by atoms with Crippen molar-refractivity contribution < 1.29 is 4.79 Å². The maximum atomic E-state index is 11.4. The van der Waals surface area contributed by atoms with Crippen molar-refractivity contribution in [3.63, 3.8) is 0 Å². The average molecular weight is 199 g/mol. The zero-order valence-corrected chi connectivity index (χ0v) is 8.81. The van der Waals surface area contributed by atoms with Gasteiger partial charge in [-0.05, 0) is 7.05 Å². The Kier molecular flexibility index (Phi) is 3.39. The molecular weight excluding hydrogens is 186 g/mol. The first-order valence-corrected chi connectivity index (χ1v) is 4.77. The molecule has 0 aliphatic rings. The van der Waals surface area contributed by atoms with Crippen molar-refractivity contribution >= 4 is 17.2 Å². The van der Waals surface area contributed by atoms with Crippen molar-refractivity contribution in [3.8, 4) is 0 Å². The number of carbonyl (C=O) groups is 1. The summed E-state index contributed by atoms with van der Waals surface area (Å²) in [6, 6.07) is 0. The Morgan fingerprint density at radius 2 is 2.38 bits per heavy atom. The van der Waals surface area contributed by atoms with Gasteiger partial charge in [0.2, 0.25) is 0 Å². The topological polar surface area (TPSA) is 45.2 Å². The van der Waals surface area contributed by atoms with Crippen molar-refractivity contribution in [1.82, 2.24) is 15.2 Å². The zero-order chi connectivity index (χ0) is 9.84. The van der Waals surface area contributed by atoms with Crippen LogP contribution in [0.25, 0.3) is 0 Å². The van der Waals surface area contributed by atoms with Crippen LogP contribution in [0.15, 0.2) is 6.20 Å². The molecule has 0 bridgehead atoms. The van der Waals surface area contributed by atoms with Gasteiger partial charge in [-0.1, -0.05) is 0 Å². The van der Waals surface area contributed by atoms with E-state index in [1.54, 1.807) is 25.2 Å². The number of nitrogens with one attached hydrogen (secondary N) is 1. The maximum absolute atomic E-state index is 11.4. The Balaban J connectivity index is 2.73. The SMILES string of the molecule is CNCc1ncc(C(=O)N(C)C)s1. The number of carbonyl (C=O) groups excluding carboxylic acids is 1. The third kappa shape index (κ3) is 2.50. The summed E-state index contributed by atoms with van der Waals surface area (Å²) in [6.07, 6.45) is 1.62. The number of hydrogen-bond donors (Lipinski definition) is 1. The van der Waals surface area contributed by atoms with Crippen molar-refractivity contribution in [1.29, 1.82) is 0 Å². The van der Waals surface area contributed by atoms with E-state index in [1.165, 1.54) is 11.3 Å². The van der Waals surface area contributed by atoms with Crippen LogP contribution in [-0.4, -0.2) is 36.9 Å². The molecule has 1 amide bonds. The molecule has 1 heterocycles. The monoisotopic (exact) mass is 199 g/mol. The van der Waals surface area contributed by atoms with Crippen LogP contribution < -0.4 is 5.32 Å². The Bertz CT molecular complexity index is 295. The van der Waals surface area contributed by atoms with Gasteiger partial charge in [0, 0.05) is 20.6 Å². The molecular formula is C8H13N3OS. The lowest BCUT2D eigenvalue weighted by Gasteiger charge is -2.06. The van der Waals surface area contributed by atoms with Crippen LogP contribution in [0.5, 0.6) is 0 Å². The van der Waals surface area contributed by atoms with Gasteiger partial charge in [0.15, 0.2) is 0 Å². The average Bonchev–Trinajstić information content (AvgIpc) is 2.52. The maximum Gasteiger partial charge on any atom is 0.265 e. The normalized spacial score (nSPS) is 10.1. The van der Waals surface area contributed by atoms with Gasteiger partial charge in [-0.2, -0.15) is 0 Å². The highest BCUT2D eigenvalue weighted by Crippen LogP contribution is 2.13. The predicted octanol–water partition coefficient (Wildman–Crippen LogP) is 0.564. The second-order valence-electron chi connectivity index (χ2n) is 2.85. The van der Waals surface area contributed by atoms with E-state index in [-0.39, 0.29) is 5.91 Å². The van der Waals surface area contributed by atoms with E-state index in [0.29, 0.717) is 11.4 Å². The Hall–Kier alpha value is -0.940. The number of rotatable bonds is 3. The smallest absolute Gasteiger partial charge is 0.265 e. The highest BCUT2D eigenvalue weighted by molar-refractivity contribution is 7.13. The highest BCUT2D eigenvalue weighted by atomic mass is 32.1.